The average Bonchev–Trinajstić information content (AvgIpc) is 3.36. The Labute approximate surface area is 232 Å². The van der Waals surface area contributed by atoms with Gasteiger partial charge in [-0.05, 0) is 81.2 Å². The number of rotatable bonds is 7. The predicted molar refractivity (Wildman–Crippen MR) is 154 cm³/mol. The average molecular weight is 534 g/mol. The van der Waals surface area contributed by atoms with Gasteiger partial charge in [0.2, 0.25) is 5.71 Å². The molecule has 40 heavy (non-hydrogen) atoms. The molecule has 1 unspecified atom stereocenters. The van der Waals surface area contributed by atoms with Crippen molar-refractivity contribution < 1.29 is 9.15 Å². The maximum atomic E-state index is 13.2. The van der Waals surface area contributed by atoms with Crippen LogP contribution in [0.4, 0.5) is 0 Å². The van der Waals surface area contributed by atoms with Crippen molar-refractivity contribution in [2.75, 3.05) is 26.7 Å². The molecular formula is C32H31N5O3. The first-order chi connectivity index (χ1) is 19.5. The van der Waals surface area contributed by atoms with Crippen molar-refractivity contribution in [3.05, 3.63) is 88.5 Å². The Hall–Kier alpha value is -4.48. The second-order valence-electron chi connectivity index (χ2n) is 10.5. The van der Waals surface area contributed by atoms with Gasteiger partial charge in [0.15, 0.2) is 11.6 Å². The molecule has 0 N–H and O–H groups in total. The summed E-state index contributed by atoms with van der Waals surface area (Å²) in [6, 6.07) is 18.5. The van der Waals surface area contributed by atoms with Crippen LogP contribution in [0.2, 0.25) is 0 Å². The fourth-order valence-electron chi connectivity index (χ4n) is 5.58. The lowest BCUT2D eigenvalue weighted by atomic mass is 9.98. The van der Waals surface area contributed by atoms with Crippen LogP contribution < -0.4 is 10.3 Å². The molecule has 8 nitrogen and oxygen atoms in total. The van der Waals surface area contributed by atoms with Crippen LogP contribution in [0.3, 0.4) is 0 Å². The van der Waals surface area contributed by atoms with Crippen molar-refractivity contribution in [1.29, 1.82) is 5.26 Å². The van der Waals surface area contributed by atoms with E-state index in [1.807, 2.05) is 31.2 Å². The van der Waals surface area contributed by atoms with Gasteiger partial charge in [0.05, 0.1) is 36.7 Å². The topological polar surface area (TPSA) is 97.2 Å². The predicted octanol–water partition coefficient (Wildman–Crippen LogP) is 5.80. The SMILES string of the molecule is CCC(c1cccc(-c2ncc(OCC3CCN(C)CC3)cn2)c1)n1c(=O)ccc2c3cc(C#N)ccc3oc21. The van der Waals surface area contributed by atoms with E-state index in [1.165, 1.54) is 0 Å². The molecule has 6 rings (SSSR count). The van der Waals surface area contributed by atoms with E-state index in [0.29, 0.717) is 47.4 Å². The van der Waals surface area contributed by atoms with Gasteiger partial charge in [-0.1, -0.05) is 25.1 Å². The van der Waals surface area contributed by atoms with Gasteiger partial charge in [-0.3, -0.25) is 9.36 Å². The zero-order valence-electron chi connectivity index (χ0n) is 22.7. The molecule has 202 valence electrons. The number of nitrogens with zero attached hydrogens (tertiary/aromatic N) is 5. The van der Waals surface area contributed by atoms with Crippen molar-refractivity contribution in [3.63, 3.8) is 0 Å². The van der Waals surface area contributed by atoms with Crippen LogP contribution in [0.1, 0.15) is 43.4 Å². The molecule has 8 heteroatoms. The Bertz CT molecular complexity index is 1760. The standard InChI is InChI=1S/C32H31N5O3/c1-3-28(37-30(38)10-8-26-27-15-22(17-33)7-9-29(27)40-32(26)37)23-5-4-6-24(16-23)31-34-18-25(19-35-31)39-20-21-11-13-36(2)14-12-21/h4-10,15-16,18-19,21,28H,3,11-14,20H2,1-2H3. The zero-order valence-corrected chi connectivity index (χ0v) is 22.7. The Kier molecular flexibility index (Phi) is 7.06. The summed E-state index contributed by atoms with van der Waals surface area (Å²) >= 11 is 0. The first-order valence-corrected chi connectivity index (χ1v) is 13.8. The van der Waals surface area contributed by atoms with E-state index in [4.69, 9.17) is 9.15 Å². The first-order valence-electron chi connectivity index (χ1n) is 13.8. The third kappa shape index (κ3) is 4.96. The van der Waals surface area contributed by atoms with Gasteiger partial charge in [0.25, 0.3) is 5.56 Å². The first kappa shape index (κ1) is 25.8. The Balaban J connectivity index is 1.28. The number of hydrogen-bond acceptors (Lipinski definition) is 7. The number of nitriles is 1. The molecule has 0 bridgehead atoms. The monoisotopic (exact) mass is 533 g/mol. The van der Waals surface area contributed by atoms with Crippen LogP contribution in [0.25, 0.3) is 33.5 Å². The molecule has 1 fully saturated rings. The van der Waals surface area contributed by atoms with E-state index in [1.54, 1.807) is 47.3 Å². The summed E-state index contributed by atoms with van der Waals surface area (Å²) < 4.78 is 13.9. The lowest BCUT2D eigenvalue weighted by Crippen LogP contribution is -2.32. The summed E-state index contributed by atoms with van der Waals surface area (Å²) in [5.74, 6) is 1.83. The number of fused-ring (bicyclic) bond motifs is 3. The van der Waals surface area contributed by atoms with Gasteiger partial charge in [-0.25, -0.2) is 9.97 Å². The van der Waals surface area contributed by atoms with Crippen LogP contribution in [0, 0.1) is 17.2 Å². The minimum Gasteiger partial charge on any atom is -0.490 e. The number of aromatic nitrogens is 3. The van der Waals surface area contributed by atoms with Gasteiger partial charge in [0, 0.05) is 22.4 Å². The van der Waals surface area contributed by atoms with Crippen molar-refractivity contribution >= 4 is 22.1 Å². The maximum absolute atomic E-state index is 13.2. The Morgan fingerprint density at radius 1 is 1.07 bits per heavy atom. The Morgan fingerprint density at radius 3 is 2.62 bits per heavy atom. The molecule has 0 spiro atoms. The third-order valence-electron chi connectivity index (χ3n) is 7.86. The minimum absolute atomic E-state index is 0.147. The number of furan rings is 1. The highest BCUT2D eigenvalue weighted by atomic mass is 16.5. The molecule has 4 heterocycles. The second kappa shape index (κ2) is 10.9. The highest BCUT2D eigenvalue weighted by molar-refractivity contribution is 6.04. The van der Waals surface area contributed by atoms with Gasteiger partial charge < -0.3 is 14.1 Å². The van der Waals surface area contributed by atoms with Gasteiger partial charge in [-0.15, -0.1) is 0 Å². The molecule has 1 atom stereocenters. The van der Waals surface area contributed by atoms with Crippen molar-refractivity contribution in [1.82, 2.24) is 19.4 Å². The summed E-state index contributed by atoms with van der Waals surface area (Å²) in [7, 11) is 2.16. The molecule has 5 aromatic rings. The lowest BCUT2D eigenvalue weighted by Gasteiger charge is -2.28. The van der Waals surface area contributed by atoms with Crippen LogP contribution in [-0.4, -0.2) is 46.2 Å². The summed E-state index contributed by atoms with van der Waals surface area (Å²) in [5.41, 5.74) is 3.36. The highest BCUT2D eigenvalue weighted by Crippen LogP contribution is 2.33. The summed E-state index contributed by atoms with van der Waals surface area (Å²) in [6.07, 6.45) is 6.43. The number of ether oxygens (including phenoxy) is 1. The molecule has 0 aliphatic carbocycles. The second-order valence-corrected chi connectivity index (χ2v) is 10.5. The van der Waals surface area contributed by atoms with Crippen LogP contribution in [0.15, 0.2) is 76.2 Å². The van der Waals surface area contributed by atoms with E-state index in [-0.39, 0.29) is 11.6 Å². The van der Waals surface area contributed by atoms with E-state index in [9.17, 15) is 10.1 Å². The zero-order chi connectivity index (χ0) is 27.6. The summed E-state index contributed by atoms with van der Waals surface area (Å²) in [6.45, 7) is 4.95. The molecule has 0 saturated carbocycles. The smallest absolute Gasteiger partial charge is 0.253 e. The van der Waals surface area contributed by atoms with Gasteiger partial charge in [-0.2, -0.15) is 5.26 Å². The van der Waals surface area contributed by atoms with Crippen molar-refractivity contribution in [2.24, 2.45) is 5.92 Å². The van der Waals surface area contributed by atoms with Crippen molar-refractivity contribution in [2.45, 2.75) is 32.2 Å². The molecule has 1 aliphatic rings. The van der Waals surface area contributed by atoms with Gasteiger partial charge in [0.1, 0.15) is 5.58 Å². The van der Waals surface area contributed by atoms with Gasteiger partial charge >= 0.3 is 0 Å². The molecular weight excluding hydrogens is 502 g/mol. The summed E-state index contributed by atoms with van der Waals surface area (Å²) in [5, 5.41) is 11.0. The quantitative estimate of drug-likeness (QED) is 0.261. The maximum Gasteiger partial charge on any atom is 0.253 e. The van der Waals surface area contributed by atoms with Crippen molar-refractivity contribution in [3.8, 4) is 23.2 Å². The van der Waals surface area contributed by atoms with E-state index >= 15 is 0 Å². The fraction of sp³-hybridized carbons (Fsp3) is 0.312. The fourth-order valence-corrected chi connectivity index (χ4v) is 5.58. The third-order valence-corrected chi connectivity index (χ3v) is 7.86. The van der Waals surface area contributed by atoms with Crippen LogP contribution >= 0.6 is 0 Å². The van der Waals surface area contributed by atoms with E-state index < -0.39 is 0 Å². The number of pyridine rings is 1. The van der Waals surface area contributed by atoms with E-state index in [2.05, 4.69) is 28.0 Å². The number of hydrogen-bond donors (Lipinski definition) is 0. The normalized spacial score (nSPS) is 15.3. The highest BCUT2D eigenvalue weighted by Gasteiger charge is 2.21. The molecule has 0 radical (unpaired) electrons. The molecule has 3 aromatic heterocycles. The molecule has 1 aliphatic heterocycles. The Morgan fingerprint density at radius 2 is 1.88 bits per heavy atom. The lowest BCUT2D eigenvalue weighted by molar-refractivity contribution is 0.159. The summed E-state index contributed by atoms with van der Waals surface area (Å²) in [4.78, 5) is 24.7. The number of likely N-dealkylation sites (tertiary alicyclic amines) is 1. The van der Waals surface area contributed by atoms with Crippen LogP contribution in [0.5, 0.6) is 5.75 Å². The minimum atomic E-state index is -0.260. The van der Waals surface area contributed by atoms with E-state index in [0.717, 1.165) is 47.8 Å². The molecule has 0 amide bonds. The number of piperidine rings is 1. The largest absolute Gasteiger partial charge is 0.490 e. The number of benzene rings is 2. The van der Waals surface area contributed by atoms with Crippen LogP contribution in [-0.2, 0) is 0 Å². The molecule has 1 saturated heterocycles. The molecule has 2 aromatic carbocycles.